The highest BCUT2D eigenvalue weighted by molar-refractivity contribution is 5.85. The molecule has 0 aliphatic rings. The number of hydrogen-bond acceptors (Lipinski definition) is 5. The maximum Gasteiger partial charge on any atom is 0.242 e. The van der Waals surface area contributed by atoms with Gasteiger partial charge in [0.05, 0.1) is 12.2 Å². The topological polar surface area (TPSA) is 89.1 Å². The molecule has 0 aliphatic carbocycles. The zero-order valence-corrected chi connectivity index (χ0v) is 15.7. The molecular formula is C15H21Cl2N7O. The van der Waals surface area contributed by atoms with Gasteiger partial charge in [-0.2, -0.15) is 5.10 Å². The molecule has 3 aromatic heterocycles. The first kappa shape index (κ1) is 20.9. The number of nitrogens with one attached hydrogen (secondary N) is 2. The fraction of sp³-hybridized carbons (Fsp3) is 0.333. The molecule has 136 valence electrons. The Hall–Kier alpha value is -2.16. The minimum atomic E-state index is -0.467. The normalized spacial score (nSPS) is 12.8. The molecule has 3 aromatic rings. The molecule has 25 heavy (non-hydrogen) atoms. The lowest BCUT2D eigenvalue weighted by molar-refractivity contribution is -0.123. The lowest BCUT2D eigenvalue weighted by Gasteiger charge is -2.18. The lowest BCUT2D eigenvalue weighted by atomic mass is 10.1. The second kappa shape index (κ2) is 8.80. The molecule has 2 atom stereocenters. The van der Waals surface area contributed by atoms with Crippen LogP contribution < -0.4 is 10.6 Å². The molecule has 0 spiro atoms. The van der Waals surface area contributed by atoms with E-state index in [0.29, 0.717) is 5.82 Å². The number of nitrogens with zero attached hydrogens (tertiary/aromatic N) is 5. The van der Waals surface area contributed by atoms with E-state index in [-0.39, 0.29) is 36.8 Å². The van der Waals surface area contributed by atoms with Crippen LogP contribution in [-0.2, 0) is 11.8 Å². The van der Waals surface area contributed by atoms with Crippen molar-refractivity contribution in [3.63, 3.8) is 0 Å². The molecule has 0 aromatic carbocycles. The average Bonchev–Trinajstić information content (AvgIpc) is 3.14. The third-order valence-corrected chi connectivity index (χ3v) is 3.70. The van der Waals surface area contributed by atoms with Crippen molar-refractivity contribution in [2.75, 3.05) is 7.05 Å². The van der Waals surface area contributed by atoms with Crippen LogP contribution in [0.25, 0.3) is 5.65 Å². The molecule has 1 amide bonds. The van der Waals surface area contributed by atoms with Gasteiger partial charge in [0.15, 0.2) is 11.5 Å². The molecular weight excluding hydrogens is 365 g/mol. The van der Waals surface area contributed by atoms with Gasteiger partial charge in [0.1, 0.15) is 6.04 Å². The highest BCUT2D eigenvalue weighted by Gasteiger charge is 2.23. The van der Waals surface area contributed by atoms with Gasteiger partial charge in [0.25, 0.3) is 0 Å². The SMILES string of the molecule is CNC(C(=O)NC(C)c1nnc2ccccn12)c1cnn(C)c1.Cl.Cl. The number of aryl methyl sites for hydroxylation is 1. The Balaban J connectivity index is 0.00000156. The van der Waals surface area contributed by atoms with E-state index >= 15 is 0 Å². The summed E-state index contributed by atoms with van der Waals surface area (Å²) in [7, 11) is 3.56. The van der Waals surface area contributed by atoms with Crippen molar-refractivity contribution in [1.82, 2.24) is 35.0 Å². The van der Waals surface area contributed by atoms with Gasteiger partial charge in [-0.3, -0.25) is 13.9 Å². The van der Waals surface area contributed by atoms with Crippen LogP contribution in [0.3, 0.4) is 0 Å². The highest BCUT2D eigenvalue weighted by atomic mass is 35.5. The molecule has 2 N–H and O–H groups in total. The standard InChI is InChI=1S/C15H19N7O.2ClH/c1-10(14-20-19-12-6-4-5-7-22(12)14)18-15(23)13(16-2)11-8-17-21(3)9-11;;/h4-10,13,16H,1-3H3,(H,18,23);2*1H. The van der Waals surface area contributed by atoms with Crippen LogP contribution in [0.1, 0.15) is 30.4 Å². The van der Waals surface area contributed by atoms with Crippen molar-refractivity contribution >= 4 is 36.4 Å². The third kappa shape index (κ3) is 4.28. The first-order valence-corrected chi connectivity index (χ1v) is 7.36. The number of likely N-dealkylation sites (N-methyl/N-ethyl adjacent to an activating group) is 1. The minimum absolute atomic E-state index is 0. The number of halogens is 2. The van der Waals surface area contributed by atoms with Crippen molar-refractivity contribution < 1.29 is 4.79 Å². The molecule has 3 rings (SSSR count). The largest absolute Gasteiger partial charge is 0.345 e. The smallest absolute Gasteiger partial charge is 0.242 e. The van der Waals surface area contributed by atoms with E-state index in [2.05, 4.69) is 25.9 Å². The summed E-state index contributed by atoms with van der Waals surface area (Å²) >= 11 is 0. The van der Waals surface area contributed by atoms with Crippen LogP contribution in [0, 0.1) is 0 Å². The van der Waals surface area contributed by atoms with Gasteiger partial charge in [-0.25, -0.2) is 0 Å². The van der Waals surface area contributed by atoms with E-state index in [1.54, 1.807) is 17.9 Å². The number of aromatic nitrogens is 5. The minimum Gasteiger partial charge on any atom is -0.345 e. The van der Waals surface area contributed by atoms with Gasteiger partial charge in [-0.15, -0.1) is 35.0 Å². The molecule has 10 heteroatoms. The summed E-state index contributed by atoms with van der Waals surface area (Å²) in [5.74, 6) is 0.552. The first-order chi connectivity index (χ1) is 11.1. The van der Waals surface area contributed by atoms with E-state index < -0.39 is 6.04 Å². The summed E-state index contributed by atoms with van der Waals surface area (Å²) in [6.07, 6.45) is 5.37. The van der Waals surface area contributed by atoms with Crippen LogP contribution in [0.4, 0.5) is 0 Å². The number of hydrogen-bond donors (Lipinski definition) is 2. The van der Waals surface area contributed by atoms with Gasteiger partial charge < -0.3 is 10.6 Å². The summed E-state index contributed by atoms with van der Waals surface area (Å²) in [6.45, 7) is 1.89. The fourth-order valence-electron chi connectivity index (χ4n) is 2.55. The van der Waals surface area contributed by atoms with E-state index in [4.69, 9.17) is 0 Å². The number of carbonyl (C=O) groups is 1. The van der Waals surface area contributed by atoms with Gasteiger partial charge in [-0.1, -0.05) is 6.07 Å². The Labute approximate surface area is 157 Å². The van der Waals surface area contributed by atoms with Crippen LogP contribution in [-0.4, -0.2) is 37.3 Å². The maximum absolute atomic E-state index is 12.6. The predicted molar refractivity (Wildman–Crippen MR) is 99.0 cm³/mol. The quantitative estimate of drug-likeness (QED) is 0.693. The second-order valence-electron chi connectivity index (χ2n) is 5.39. The number of amides is 1. The molecule has 0 aliphatic heterocycles. The Morgan fingerprint density at radius 3 is 2.64 bits per heavy atom. The van der Waals surface area contributed by atoms with Crippen molar-refractivity contribution in [3.8, 4) is 0 Å². The lowest BCUT2D eigenvalue weighted by Crippen LogP contribution is -2.37. The van der Waals surface area contributed by atoms with E-state index in [1.807, 2.05) is 49.0 Å². The number of fused-ring (bicyclic) bond motifs is 1. The Morgan fingerprint density at radius 1 is 1.24 bits per heavy atom. The van der Waals surface area contributed by atoms with E-state index in [9.17, 15) is 4.79 Å². The predicted octanol–water partition coefficient (Wildman–Crippen LogP) is 1.44. The summed E-state index contributed by atoms with van der Waals surface area (Å²) in [5, 5.41) is 18.4. The van der Waals surface area contributed by atoms with Gasteiger partial charge in [0.2, 0.25) is 5.91 Å². The number of rotatable bonds is 5. The first-order valence-electron chi connectivity index (χ1n) is 7.36. The van der Waals surface area contributed by atoms with E-state index in [1.165, 1.54) is 0 Å². The van der Waals surface area contributed by atoms with Crippen molar-refractivity contribution in [2.24, 2.45) is 7.05 Å². The monoisotopic (exact) mass is 385 g/mol. The zero-order chi connectivity index (χ0) is 16.4. The highest BCUT2D eigenvalue weighted by Crippen LogP contribution is 2.16. The summed E-state index contributed by atoms with van der Waals surface area (Å²) < 4.78 is 3.53. The Bertz CT molecular complexity index is 832. The molecule has 3 heterocycles. The van der Waals surface area contributed by atoms with Gasteiger partial charge >= 0.3 is 0 Å². The van der Waals surface area contributed by atoms with Crippen LogP contribution in [0.2, 0.25) is 0 Å². The number of pyridine rings is 1. The van der Waals surface area contributed by atoms with Crippen molar-refractivity contribution in [1.29, 1.82) is 0 Å². The molecule has 0 fully saturated rings. The van der Waals surface area contributed by atoms with Gasteiger partial charge in [-0.05, 0) is 26.1 Å². The Kier molecular flexibility index (Phi) is 7.35. The average molecular weight is 386 g/mol. The van der Waals surface area contributed by atoms with Crippen molar-refractivity contribution in [2.45, 2.75) is 19.0 Å². The summed E-state index contributed by atoms with van der Waals surface area (Å²) in [6, 6.07) is 4.94. The third-order valence-electron chi connectivity index (χ3n) is 3.70. The molecule has 0 radical (unpaired) electrons. The van der Waals surface area contributed by atoms with Crippen molar-refractivity contribution in [3.05, 3.63) is 48.2 Å². The molecule has 0 saturated carbocycles. The van der Waals surface area contributed by atoms with Crippen LogP contribution in [0.15, 0.2) is 36.8 Å². The molecule has 0 saturated heterocycles. The number of carbonyl (C=O) groups excluding carboxylic acids is 1. The summed E-state index contributed by atoms with van der Waals surface area (Å²) in [5.41, 5.74) is 1.56. The molecule has 0 bridgehead atoms. The second-order valence-corrected chi connectivity index (χ2v) is 5.39. The van der Waals surface area contributed by atoms with Crippen LogP contribution >= 0.6 is 24.8 Å². The van der Waals surface area contributed by atoms with Crippen LogP contribution in [0.5, 0.6) is 0 Å². The summed E-state index contributed by atoms with van der Waals surface area (Å²) in [4.78, 5) is 12.6. The Morgan fingerprint density at radius 2 is 2.00 bits per heavy atom. The fourth-order valence-corrected chi connectivity index (χ4v) is 2.55. The molecule has 8 nitrogen and oxygen atoms in total. The van der Waals surface area contributed by atoms with Gasteiger partial charge in [0, 0.05) is 25.0 Å². The van der Waals surface area contributed by atoms with E-state index in [0.717, 1.165) is 11.2 Å². The maximum atomic E-state index is 12.6. The zero-order valence-electron chi connectivity index (χ0n) is 14.1. The molecule has 2 unspecified atom stereocenters.